The molecule has 0 aliphatic carbocycles. The third kappa shape index (κ3) is 4.12. The van der Waals surface area contributed by atoms with Crippen LogP contribution in [0.15, 0.2) is 41.1 Å². The lowest BCUT2D eigenvalue weighted by molar-refractivity contribution is -0.855. The molecular weight excluding hydrogens is 296 g/mol. The van der Waals surface area contributed by atoms with E-state index >= 15 is 0 Å². The minimum Gasteiger partial charge on any atom is -0.454 e. The summed E-state index contributed by atoms with van der Waals surface area (Å²) in [4.78, 5) is 17.5. The maximum atomic E-state index is 12.5. The molecule has 124 valence electrons. The molecule has 0 saturated carbocycles. The quantitative estimate of drug-likeness (QED) is 0.472. The fourth-order valence-corrected chi connectivity index (χ4v) is 2.37. The van der Waals surface area contributed by atoms with Crippen LogP contribution in [0, 0.1) is 0 Å². The summed E-state index contributed by atoms with van der Waals surface area (Å²) in [6, 6.07) is 5.64. The molecule has 0 aromatic heterocycles. The van der Waals surface area contributed by atoms with Crippen LogP contribution in [0.2, 0.25) is 0 Å². The van der Waals surface area contributed by atoms with Crippen LogP contribution in [0.3, 0.4) is 0 Å². The van der Waals surface area contributed by atoms with Gasteiger partial charge in [0.15, 0.2) is 11.5 Å². The van der Waals surface area contributed by atoms with Gasteiger partial charge in [0.1, 0.15) is 11.3 Å². The van der Waals surface area contributed by atoms with Gasteiger partial charge in [-0.1, -0.05) is 12.1 Å². The van der Waals surface area contributed by atoms with Crippen molar-refractivity contribution in [3.05, 3.63) is 46.7 Å². The van der Waals surface area contributed by atoms with Gasteiger partial charge in [-0.25, -0.2) is 4.84 Å². The number of quaternary nitrogens is 1. The van der Waals surface area contributed by atoms with Crippen molar-refractivity contribution in [3.63, 3.8) is 0 Å². The molecule has 1 aliphatic rings. The topological polar surface area (TPSA) is 73.4 Å². The molecule has 1 amide bonds. The SMILES string of the molecule is C/C=C(C)\C(C(=O)NCc1ccc2c(c1)OCO2)=C(\C)[NH2+]OC. The Kier molecular flexibility index (Phi) is 5.78. The van der Waals surface area contributed by atoms with Gasteiger partial charge in [-0.05, 0) is 37.1 Å². The second-order valence-corrected chi connectivity index (χ2v) is 5.25. The Balaban J connectivity index is 2.09. The van der Waals surface area contributed by atoms with Crippen molar-refractivity contribution in [3.8, 4) is 11.5 Å². The van der Waals surface area contributed by atoms with E-state index in [1.54, 1.807) is 12.6 Å². The highest BCUT2D eigenvalue weighted by Crippen LogP contribution is 2.32. The Morgan fingerprint density at radius 1 is 1.35 bits per heavy atom. The monoisotopic (exact) mass is 319 g/mol. The van der Waals surface area contributed by atoms with Gasteiger partial charge >= 0.3 is 0 Å². The predicted molar refractivity (Wildman–Crippen MR) is 85.5 cm³/mol. The van der Waals surface area contributed by atoms with E-state index in [4.69, 9.17) is 14.3 Å². The molecule has 1 aromatic carbocycles. The number of rotatable bonds is 6. The number of hydrogen-bond acceptors (Lipinski definition) is 4. The van der Waals surface area contributed by atoms with Crippen molar-refractivity contribution in [2.45, 2.75) is 27.3 Å². The minimum absolute atomic E-state index is 0.135. The van der Waals surface area contributed by atoms with E-state index in [1.165, 1.54) is 0 Å². The van der Waals surface area contributed by atoms with Crippen molar-refractivity contribution in [1.82, 2.24) is 5.32 Å². The van der Waals surface area contributed by atoms with Crippen LogP contribution < -0.4 is 20.3 Å². The fourth-order valence-electron chi connectivity index (χ4n) is 2.37. The minimum atomic E-state index is -0.135. The highest BCUT2D eigenvalue weighted by atomic mass is 16.7. The Morgan fingerprint density at radius 3 is 2.78 bits per heavy atom. The molecule has 0 atom stereocenters. The number of benzene rings is 1. The van der Waals surface area contributed by atoms with Crippen LogP contribution >= 0.6 is 0 Å². The molecule has 2 rings (SSSR count). The van der Waals surface area contributed by atoms with E-state index in [2.05, 4.69) is 5.32 Å². The van der Waals surface area contributed by atoms with Gasteiger partial charge in [0.25, 0.3) is 5.91 Å². The Labute approximate surface area is 136 Å². The molecule has 0 unspecified atom stereocenters. The summed E-state index contributed by atoms with van der Waals surface area (Å²) < 4.78 is 10.6. The first-order valence-electron chi connectivity index (χ1n) is 7.43. The van der Waals surface area contributed by atoms with Gasteiger partial charge in [-0.3, -0.25) is 4.79 Å². The average molecular weight is 319 g/mol. The van der Waals surface area contributed by atoms with Crippen molar-refractivity contribution in [2.24, 2.45) is 0 Å². The van der Waals surface area contributed by atoms with Gasteiger partial charge in [0, 0.05) is 13.5 Å². The number of amides is 1. The highest BCUT2D eigenvalue weighted by molar-refractivity contribution is 5.97. The lowest BCUT2D eigenvalue weighted by atomic mass is 10.0. The first-order chi connectivity index (χ1) is 11.1. The van der Waals surface area contributed by atoms with Gasteiger partial charge in [-0.15, -0.1) is 0 Å². The molecule has 0 fully saturated rings. The third-order valence-corrected chi connectivity index (χ3v) is 3.63. The zero-order chi connectivity index (χ0) is 16.8. The van der Waals surface area contributed by atoms with Crippen molar-refractivity contribution in [2.75, 3.05) is 13.9 Å². The largest absolute Gasteiger partial charge is 0.454 e. The Bertz CT molecular complexity index is 650. The summed E-state index contributed by atoms with van der Waals surface area (Å²) >= 11 is 0. The summed E-state index contributed by atoms with van der Waals surface area (Å²) in [7, 11) is 1.57. The lowest BCUT2D eigenvalue weighted by Gasteiger charge is -2.11. The van der Waals surface area contributed by atoms with Crippen LogP contribution in [0.1, 0.15) is 26.3 Å². The summed E-state index contributed by atoms with van der Waals surface area (Å²) in [6.07, 6.45) is 1.91. The zero-order valence-electron chi connectivity index (χ0n) is 13.9. The number of nitrogens with one attached hydrogen (secondary N) is 1. The lowest BCUT2D eigenvalue weighted by Crippen LogP contribution is -2.80. The molecule has 23 heavy (non-hydrogen) atoms. The molecule has 0 radical (unpaired) electrons. The smallest absolute Gasteiger partial charge is 0.257 e. The van der Waals surface area contributed by atoms with E-state index in [1.807, 2.05) is 45.0 Å². The number of nitrogens with two attached hydrogens (primary N) is 1. The van der Waals surface area contributed by atoms with Gasteiger partial charge in [0.05, 0.1) is 7.11 Å². The van der Waals surface area contributed by atoms with E-state index in [-0.39, 0.29) is 12.7 Å². The maximum absolute atomic E-state index is 12.5. The van der Waals surface area contributed by atoms with Crippen molar-refractivity contribution in [1.29, 1.82) is 0 Å². The highest BCUT2D eigenvalue weighted by Gasteiger charge is 2.18. The van der Waals surface area contributed by atoms with E-state index in [0.29, 0.717) is 17.9 Å². The first-order valence-corrected chi connectivity index (χ1v) is 7.43. The molecule has 1 heterocycles. The van der Waals surface area contributed by atoms with E-state index < -0.39 is 0 Å². The first kappa shape index (κ1) is 17.1. The van der Waals surface area contributed by atoms with E-state index in [9.17, 15) is 4.79 Å². The molecule has 0 saturated heterocycles. The molecule has 0 spiro atoms. The molecule has 1 aliphatic heterocycles. The standard InChI is InChI=1S/C17H22N2O4/c1-5-11(2)16(12(3)19-21-4)17(20)18-9-13-6-7-14-15(8-13)23-10-22-14/h5-8,19H,9-10H2,1-4H3,(H,18,20)/p+1/b11-5-,16-12+. The van der Waals surface area contributed by atoms with Gasteiger partial charge < -0.3 is 14.8 Å². The van der Waals surface area contributed by atoms with Gasteiger partial charge in [0.2, 0.25) is 6.79 Å². The second-order valence-electron chi connectivity index (χ2n) is 5.25. The summed E-state index contributed by atoms with van der Waals surface area (Å²) in [5.41, 5.74) is 4.83. The third-order valence-electron chi connectivity index (χ3n) is 3.63. The van der Waals surface area contributed by atoms with Crippen LogP contribution in [0.25, 0.3) is 0 Å². The second kappa shape index (κ2) is 7.80. The van der Waals surface area contributed by atoms with Crippen LogP contribution in [0.5, 0.6) is 11.5 Å². The number of allylic oxidation sites excluding steroid dienone is 2. The molecule has 0 bridgehead atoms. The normalized spacial score (nSPS) is 14.5. The molecule has 6 heteroatoms. The Hall–Kier alpha value is -2.31. The predicted octanol–water partition coefficient (Wildman–Crippen LogP) is 1.40. The summed E-state index contributed by atoms with van der Waals surface area (Å²) in [5, 5.41) is 2.94. The number of carbonyl (C=O) groups excluding carboxylic acids is 1. The maximum Gasteiger partial charge on any atom is 0.257 e. The van der Waals surface area contributed by atoms with Crippen LogP contribution in [-0.4, -0.2) is 19.8 Å². The molecule has 6 nitrogen and oxygen atoms in total. The van der Waals surface area contributed by atoms with Crippen molar-refractivity contribution >= 4 is 5.91 Å². The number of ether oxygens (including phenoxy) is 2. The van der Waals surface area contributed by atoms with Crippen molar-refractivity contribution < 1.29 is 24.6 Å². The zero-order valence-corrected chi connectivity index (χ0v) is 13.9. The van der Waals surface area contributed by atoms with Gasteiger partial charge in [-0.2, -0.15) is 5.48 Å². The number of carbonyl (C=O) groups is 1. The summed E-state index contributed by atoms with van der Waals surface area (Å²) in [5.74, 6) is 1.31. The Morgan fingerprint density at radius 2 is 2.09 bits per heavy atom. The number of hydrogen-bond donors (Lipinski definition) is 2. The average Bonchev–Trinajstić information content (AvgIpc) is 3.00. The molecule has 1 aromatic rings. The molecule has 3 N–H and O–H groups in total. The fraction of sp³-hybridized carbons (Fsp3) is 0.353. The molecular formula is C17H23N2O4+. The number of hydroxylamine groups is 1. The van der Waals surface area contributed by atoms with Crippen LogP contribution in [-0.2, 0) is 16.2 Å². The van der Waals surface area contributed by atoms with Crippen LogP contribution in [0.4, 0.5) is 0 Å². The summed E-state index contributed by atoms with van der Waals surface area (Å²) in [6.45, 7) is 6.32. The van der Waals surface area contributed by atoms with E-state index in [0.717, 1.165) is 22.6 Å². The number of fused-ring (bicyclic) bond motifs is 1.